The number of hydrogen-bond donors (Lipinski definition) is 1. The minimum Gasteiger partial charge on any atom is -0.339 e. The molecule has 0 amide bonds. The molecule has 0 aromatic carbocycles. The summed E-state index contributed by atoms with van der Waals surface area (Å²) in [6.07, 6.45) is 3.90. The SMILES string of the molecule is CCCc1nc(N2CCn3cnnc3C2)sc1CN. The molecule has 0 unspecified atom stereocenters. The van der Waals surface area contributed by atoms with E-state index in [1.54, 1.807) is 17.7 Å². The summed E-state index contributed by atoms with van der Waals surface area (Å²) in [4.78, 5) is 8.24. The second kappa shape index (κ2) is 5.26. The van der Waals surface area contributed by atoms with Gasteiger partial charge in [0, 0.05) is 24.5 Å². The standard InChI is InChI=1S/C12H18N6S/c1-2-3-9-10(6-13)19-12(15-9)17-4-5-18-8-14-16-11(18)7-17/h8H,2-7,13H2,1H3. The van der Waals surface area contributed by atoms with Crippen LogP contribution in [0.5, 0.6) is 0 Å². The second-order valence-corrected chi connectivity index (χ2v) is 5.74. The smallest absolute Gasteiger partial charge is 0.186 e. The van der Waals surface area contributed by atoms with E-state index < -0.39 is 0 Å². The molecule has 0 atom stereocenters. The Balaban J connectivity index is 1.83. The zero-order valence-electron chi connectivity index (χ0n) is 11.0. The highest BCUT2D eigenvalue weighted by Crippen LogP contribution is 2.29. The van der Waals surface area contributed by atoms with Gasteiger partial charge in [-0.3, -0.25) is 0 Å². The fraction of sp³-hybridized carbons (Fsp3) is 0.583. The van der Waals surface area contributed by atoms with Gasteiger partial charge in [0.1, 0.15) is 6.33 Å². The molecule has 3 rings (SSSR count). The van der Waals surface area contributed by atoms with Crippen molar-refractivity contribution in [1.29, 1.82) is 0 Å². The maximum absolute atomic E-state index is 5.81. The first-order valence-electron chi connectivity index (χ1n) is 6.62. The lowest BCUT2D eigenvalue weighted by Gasteiger charge is -2.26. The van der Waals surface area contributed by atoms with Gasteiger partial charge in [-0.15, -0.1) is 21.5 Å². The van der Waals surface area contributed by atoms with Gasteiger partial charge >= 0.3 is 0 Å². The van der Waals surface area contributed by atoms with Gasteiger partial charge in [-0.2, -0.15) is 0 Å². The van der Waals surface area contributed by atoms with Crippen LogP contribution < -0.4 is 10.6 Å². The van der Waals surface area contributed by atoms with Crippen molar-refractivity contribution in [3.05, 3.63) is 22.7 Å². The molecule has 6 nitrogen and oxygen atoms in total. The van der Waals surface area contributed by atoms with Crippen molar-refractivity contribution < 1.29 is 0 Å². The van der Waals surface area contributed by atoms with E-state index >= 15 is 0 Å². The number of hydrogen-bond acceptors (Lipinski definition) is 6. The summed E-state index contributed by atoms with van der Waals surface area (Å²) < 4.78 is 2.10. The van der Waals surface area contributed by atoms with Crippen molar-refractivity contribution in [3.8, 4) is 0 Å². The third-order valence-electron chi connectivity index (χ3n) is 3.35. The third-order valence-corrected chi connectivity index (χ3v) is 4.53. The van der Waals surface area contributed by atoms with Crippen LogP contribution in [0, 0.1) is 0 Å². The molecular formula is C12H18N6S. The van der Waals surface area contributed by atoms with E-state index in [0.29, 0.717) is 6.54 Å². The lowest BCUT2D eigenvalue weighted by molar-refractivity contribution is 0.559. The lowest BCUT2D eigenvalue weighted by Crippen LogP contribution is -2.33. The normalized spacial score (nSPS) is 14.7. The van der Waals surface area contributed by atoms with Crippen molar-refractivity contribution in [2.75, 3.05) is 11.4 Å². The monoisotopic (exact) mass is 278 g/mol. The first-order chi connectivity index (χ1) is 9.31. The average molecular weight is 278 g/mol. The topological polar surface area (TPSA) is 72.9 Å². The molecule has 0 radical (unpaired) electrons. The molecule has 1 aliphatic heterocycles. The van der Waals surface area contributed by atoms with Crippen LogP contribution in [-0.2, 0) is 26.1 Å². The van der Waals surface area contributed by atoms with Crippen LogP contribution in [0.1, 0.15) is 29.7 Å². The van der Waals surface area contributed by atoms with E-state index in [9.17, 15) is 0 Å². The van der Waals surface area contributed by atoms with E-state index in [4.69, 9.17) is 10.7 Å². The van der Waals surface area contributed by atoms with Crippen molar-refractivity contribution in [2.45, 2.75) is 39.4 Å². The van der Waals surface area contributed by atoms with Crippen molar-refractivity contribution in [3.63, 3.8) is 0 Å². The van der Waals surface area contributed by atoms with Crippen LogP contribution in [0.25, 0.3) is 0 Å². The van der Waals surface area contributed by atoms with E-state index in [0.717, 1.165) is 49.1 Å². The summed E-state index contributed by atoms with van der Waals surface area (Å²) in [6.45, 7) is 5.40. The predicted molar refractivity (Wildman–Crippen MR) is 75.1 cm³/mol. The fourth-order valence-electron chi connectivity index (χ4n) is 2.33. The predicted octanol–water partition coefficient (Wildman–Crippen LogP) is 1.17. The number of aryl methyl sites for hydroxylation is 1. The number of anilines is 1. The summed E-state index contributed by atoms with van der Waals surface area (Å²) in [6, 6.07) is 0. The number of nitrogens with two attached hydrogens (primary N) is 1. The molecule has 0 spiro atoms. The van der Waals surface area contributed by atoms with Gasteiger partial charge in [-0.1, -0.05) is 13.3 Å². The van der Waals surface area contributed by atoms with Gasteiger partial charge in [0.25, 0.3) is 0 Å². The van der Waals surface area contributed by atoms with E-state index in [2.05, 4.69) is 26.6 Å². The molecule has 0 saturated carbocycles. The van der Waals surface area contributed by atoms with E-state index in [1.807, 2.05) is 0 Å². The van der Waals surface area contributed by atoms with E-state index in [-0.39, 0.29) is 0 Å². The maximum Gasteiger partial charge on any atom is 0.186 e. The van der Waals surface area contributed by atoms with Crippen LogP contribution in [0.3, 0.4) is 0 Å². The summed E-state index contributed by atoms with van der Waals surface area (Å²) in [5, 5.41) is 9.16. The Kier molecular flexibility index (Phi) is 3.48. The summed E-state index contributed by atoms with van der Waals surface area (Å²) in [5.74, 6) is 1.01. The van der Waals surface area contributed by atoms with Gasteiger partial charge in [0.05, 0.1) is 12.2 Å². The molecule has 7 heteroatoms. The molecule has 2 aromatic heterocycles. The van der Waals surface area contributed by atoms with E-state index in [1.165, 1.54) is 4.88 Å². The molecule has 0 fully saturated rings. The highest BCUT2D eigenvalue weighted by Gasteiger charge is 2.21. The molecule has 2 aromatic rings. The zero-order chi connectivity index (χ0) is 13.2. The molecule has 19 heavy (non-hydrogen) atoms. The Morgan fingerprint density at radius 1 is 1.42 bits per heavy atom. The summed E-state index contributed by atoms with van der Waals surface area (Å²) in [5.41, 5.74) is 6.97. The summed E-state index contributed by atoms with van der Waals surface area (Å²) in [7, 11) is 0. The van der Waals surface area contributed by atoms with Crippen LogP contribution in [0.2, 0.25) is 0 Å². The minimum atomic E-state index is 0.580. The van der Waals surface area contributed by atoms with Crippen LogP contribution >= 0.6 is 11.3 Å². The molecular weight excluding hydrogens is 260 g/mol. The first-order valence-corrected chi connectivity index (χ1v) is 7.43. The van der Waals surface area contributed by atoms with Crippen LogP contribution in [0.15, 0.2) is 6.33 Å². The fourth-order valence-corrected chi connectivity index (χ4v) is 3.34. The number of thiazole rings is 1. The highest BCUT2D eigenvalue weighted by molar-refractivity contribution is 7.15. The number of fused-ring (bicyclic) bond motifs is 1. The Labute approximate surface area is 116 Å². The van der Waals surface area contributed by atoms with Crippen molar-refractivity contribution >= 4 is 16.5 Å². The Morgan fingerprint density at radius 2 is 2.32 bits per heavy atom. The molecule has 2 N–H and O–H groups in total. The molecule has 0 saturated heterocycles. The number of nitrogens with zero attached hydrogens (tertiary/aromatic N) is 5. The lowest BCUT2D eigenvalue weighted by atomic mass is 10.2. The van der Waals surface area contributed by atoms with Crippen LogP contribution in [-0.4, -0.2) is 26.3 Å². The Hall–Kier alpha value is -1.47. The van der Waals surface area contributed by atoms with Crippen molar-refractivity contribution in [1.82, 2.24) is 19.7 Å². The van der Waals surface area contributed by atoms with Crippen LogP contribution in [0.4, 0.5) is 5.13 Å². The maximum atomic E-state index is 5.81. The quantitative estimate of drug-likeness (QED) is 0.908. The summed E-state index contributed by atoms with van der Waals surface area (Å²) >= 11 is 1.72. The van der Waals surface area contributed by atoms with Gasteiger partial charge in [0.15, 0.2) is 11.0 Å². The second-order valence-electron chi connectivity index (χ2n) is 4.68. The number of rotatable bonds is 4. The van der Waals surface area contributed by atoms with Gasteiger partial charge < -0.3 is 15.2 Å². The molecule has 0 aliphatic carbocycles. The number of aromatic nitrogens is 4. The molecule has 102 valence electrons. The zero-order valence-corrected chi connectivity index (χ0v) is 11.9. The van der Waals surface area contributed by atoms with Gasteiger partial charge in [-0.05, 0) is 6.42 Å². The Morgan fingerprint density at radius 3 is 3.11 bits per heavy atom. The first kappa shape index (κ1) is 12.6. The third kappa shape index (κ3) is 2.35. The van der Waals surface area contributed by atoms with Gasteiger partial charge in [0.2, 0.25) is 0 Å². The highest BCUT2D eigenvalue weighted by atomic mass is 32.1. The molecule has 0 bridgehead atoms. The minimum absolute atomic E-state index is 0.580. The molecule has 1 aliphatic rings. The van der Waals surface area contributed by atoms with Crippen molar-refractivity contribution in [2.24, 2.45) is 5.73 Å². The van der Waals surface area contributed by atoms with Gasteiger partial charge in [-0.25, -0.2) is 4.98 Å². The average Bonchev–Trinajstić information content (AvgIpc) is 3.04. The largest absolute Gasteiger partial charge is 0.339 e. The molecule has 3 heterocycles. The Bertz CT molecular complexity index is 560.